The van der Waals surface area contributed by atoms with Crippen LogP contribution in [0.3, 0.4) is 0 Å². The molecule has 0 amide bonds. The van der Waals surface area contributed by atoms with Gasteiger partial charge in [0.05, 0.1) is 13.2 Å². The van der Waals surface area contributed by atoms with Gasteiger partial charge in [0.1, 0.15) is 0 Å². The molecule has 2 rings (SSSR count). The fraction of sp³-hybridized carbons (Fsp3) is 1.00. The zero-order chi connectivity index (χ0) is 8.39. The van der Waals surface area contributed by atoms with Crippen molar-refractivity contribution in [3.05, 3.63) is 0 Å². The quantitative estimate of drug-likeness (QED) is 0.625. The van der Waals surface area contributed by atoms with Gasteiger partial charge in [0.15, 0.2) is 0 Å². The molecule has 70 valence electrons. The summed E-state index contributed by atoms with van der Waals surface area (Å²) in [7, 11) is 0. The first-order valence-electron chi connectivity index (χ1n) is 4.82. The smallest absolute Gasteiger partial charge is 0.0624 e. The lowest BCUT2D eigenvalue weighted by Crippen LogP contribution is -2.38. The molecule has 1 saturated carbocycles. The zero-order valence-corrected chi connectivity index (χ0v) is 7.33. The van der Waals surface area contributed by atoms with Crippen LogP contribution in [0.25, 0.3) is 0 Å². The van der Waals surface area contributed by atoms with E-state index in [1.807, 2.05) is 0 Å². The van der Waals surface area contributed by atoms with Crippen LogP contribution in [-0.4, -0.2) is 37.5 Å². The molecular weight excluding hydrogens is 154 g/mol. The molecule has 1 aliphatic carbocycles. The topological polar surface area (TPSA) is 41.5 Å². The molecule has 1 aliphatic heterocycles. The third-order valence-electron chi connectivity index (χ3n) is 2.80. The fourth-order valence-corrected chi connectivity index (χ4v) is 1.64. The van der Waals surface area contributed by atoms with Crippen LogP contribution in [0, 0.1) is 11.8 Å². The van der Waals surface area contributed by atoms with Crippen molar-refractivity contribution in [3.63, 3.8) is 0 Å². The summed E-state index contributed by atoms with van der Waals surface area (Å²) in [6.07, 6.45) is 2.76. The van der Waals surface area contributed by atoms with Crippen LogP contribution in [-0.2, 0) is 4.74 Å². The first-order valence-corrected chi connectivity index (χ1v) is 4.82. The van der Waals surface area contributed by atoms with Crippen LogP contribution < -0.4 is 5.32 Å². The molecule has 0 aromatic heterocycles. The summed E-state index contributed by atoms with van der Waals surface area (Å²) in [4.78, 5) is 0. The summed E-state index contributed by atoms with van der Waals surface area (Å²) < 4.78 is 5.29. The van der Waals surface area contributed by atoms with E-state index in [4.69, 9.17) is 9.84 Å². The highest BCUT2D eigenvalue weighted by molar-refractivity contribution is 4.84. The standard InChI is InChI=1S/C9H17NO2/c11-4-8-5-12-6-9(8)10-3-7-1-2-7/h7-11H,1-6H2. The Labute approximate surface area is 73.1 Å². The van der Waals surface area contributed by atoms with Gasteiger partial charge in [-0.1, -0.05) is 0 Å². The maximum Gasteiger partial charge on any atom is 0.0624 e. The molecule has 0 aromatic rings. The molecule has 2 fully saturated rings. The lowest BCUT2D eigenvalue weighted by atomic mass is 10.1. The Kier molecular flexibility index (Phi) is 2.63. The molecule has 0 bridgehead atoms. The summed E-state index contributed by atoms with van der Waals surface area (Å²) in [5.41, 5.74) is 0. The number of hydrogen-bond donors (Lipinski definition) is 2. The van der Waals surface area contributed by atoms with Gasteiger partial charge < -0.3 is 15.2 Å². The number of rotatable bonds is 4. The fourth-order valence-electron chi connectivity index (χ4n) is 1.64. The van der Waals surface area contributed by atoms with E-state index in [-0.39, 0.29) is 6.61 Å². The third kappa shape index (κ3) is 1.97. The van der Waals surface area contributed by atoms with Crippen molar-refractivity contribution < 1.29 is 9.84 Å². The summed E-state index contributed by atoms with van der Waals surface area (Å²) in [6.45, 7) is 2.86. The highest BCUT2D eigenvalue weighted by atomic mass is 16.5. The normalized spacial score (nSPS) is 35.8. The SMILES string of the molecule is OCC1COCC1NCC1CC1. The van der Waals surface area contributed by atoms with Crippen molar-refractivity contribution >= 4 is 0 Å². The minimum absolute atomic E-state index is 0.252. The van der Waals surface area contributed by atoms with Gasteiger partial charge in [-0.2, -0.15) is 0 Å². The lowest BCUT2D eigenvalue weighted by Gasteiger charge is -2.16. The Hall–Kier alpha value is -0.120. The summed E-state index contributed by atoms with van der Waals surface area (Å²) in [5, 5.41) is 12.5. The van der Waals surface area contributed by atoms with Gasteiger partial charge in [0.25, 0.3) is 0 Å². The second kappa shape index (κ2) is 3.73. The maximum absolute atomic E-state index is 9.00. The highest BCUT2D eigenvalue weighted by Gasteiger charge is 2.29. The van der Waals surface area contributed by atoms with E-state index in [9.17, 15) is 0 Å². The van der Waals surface area contributed by atoms with Gasteiger partial charge in [-0.15, -0.1) is 0 Å². The maximum atomic E-state index is 9.00. The molecule has 2 N–H and O–H groups in total. The molecule has 1 saturated heterocycles. The van der Waals surface area contributed by atoms with Crippen molar-refractivity contribution in [3.8, 4) is 0 Å². The second-order valence-electron chi connectivity index (χ2n) is 3.94. The van der Waals surface area contributed by atoms with Crippen molar-refractivity contribution in [2.24, 2.45) is 11.8 Å². The van der Waals surface area contributed by atoms with E-state index in [0.29, 0.717) is 12.0 Å². The average Bonchev–Trinajstić information content (AvgIpc) is 2.81. The average molecular weight is 171 g/mol. The minimum Gasteiger partial charge on any atom is -0.396 e. The van der Waals surface area contributed by atoms with Gasteiger partial charge in [-0.3, -0.25) is 0 Å². The first kappa shape index (κ1) is 8.48. The molecule has 2 atom stereocenters. The van der Waals surface area contributed by atoms with Crippen LogP contribution in [0.1, 0.15) is 12.8 Å². The molecule has 0 spiro atoms. The van der Waals surface area contributed by atoms with Crippen molar-refractivity contribution in [1.29, 1.82) is 0 Å². The van der Waals surface area contributed by atoms with Crippen LogP contribution >= 0.6 is 0 Å². The lowest BCUT2D eigenvalue weighted by molar-refractivity contribution is 0.160. The van der Waals surface area contributed by atoms with E-state index >= 15 is 0 Å². The van der Waals surface area contributed by atoms with Crippen LogP contribution in [0.5, 0.6) is 0 Å². The second-order valence-corrected chi connectivity index (χ2v) is 3.94. The van der Waals surface area contributed by atoms with Gasteiger partial charge in [-0.25, -0.2) is 0 Å². The molecule has 12 heavy (non-hydrogen) atoms. The van der Waals surface area contributed by atoms with Gasteiger partial charge in [0.2, 0.25) is 0 Å². The molecule has 2 unspecified atom stereocenters. The number of nitrogens with one attached hydrogen (secondary N) is 1. The van der Waals surface area contributed by atoms with E-state index in [1.54, 1.807) is 0 Å². The van der Waals surface area contributed by atoms with Crippen LogP contribution in [0.4, 0.5) is 0 Å². The molecule has 2 aliphatic rings. The van der Waals surface area contributed by atoms with Crippen molar-refractivity contribution in [1.82, 2.24) is 5.32 Å². The molecular formula is C9H17NO2. The van der Waals surface area contributed by atoms with Crippen molar-refractivity contribution in [2.75, 3.05) is 26.4 Å². The monoisotopic (exact) mass is 171 g/mol. The Bertz CT molecular complexity index is 147. The number of aliphatic hydroxyl groups is 1. The van der Waals surface area contributed by atoms with Crippen LogP contribution in [0.15, 0.2) is 0 Å². The zero-order valence-electron chi connectivity index (χ0n) is 7.33. The summed E-state index contributed by atoms with van der Waals surface area (Å²) in [5.74, 6) is 1.23. The Balaban J connectivity index is 1.69. The third-order valence-corrected chi connectivity index (χ3v) is 2.80. The van der Waals surface area contributed by atoms with Crippen LogP contribution in [0.2, 0.25) is 0 Å². The van der Waals surface area contributed by atoms with E-state index < -0.39 is 0 Å². The van der Waals surface area contributed by atoms with E-state index in [1.165, 1.54) is 12.8 Å². The molecule has 0 radical (unpaired) electrons. The number of aliphatic hydroxyl groups excluding tert-OH is 1. The van der Waals surface area contributed by atoms with Gasteiger partial charge in [0, 0.05) is 18.6 Å². The number of hydrogen-bond acceptors (Lipinski definition) is 3. The van der Waals surface area contributed by atoms with E-state index in [2.05, 4.69) is 5.32 Å². The molecule has 1 heterocycles. The Morgan fingerprint density at radius 1 is 1.33 bits per heavy atom. The molecule has 3 nitrogen and oxygen atoms in total. The predicted molar refractivity (Wildman–Crippen MR) is 45.9 cm³/mol. The van der Waals surface area contributed by atoms with Gasteiger partial charge in [-0.05, 0) is 25.3 Å². The van der Waals surface area contributed by atoms with E-state index in [0.717, 1.165) is 25.7 Å². The Morgan fingerprint density at radius 3 is 2.83 bits per heavy atom. The highest BCUT2D eigenvalue weighted by Crippen LogP contribution is 2.28. The minimum atomic E-state index is 0.252. The van der Waals surface area contributed by atoms with Gasteiger partial charge >= 0.3 is 0 Å². The first-order chi connectivity index (χ1) is 5.90. The summed E-state index contributed by atoms with van der Waals surface area (Å²) >= 11 is 0. The summed E-state index contributed by atoms with van der Waals surface area (Å²) in [6, 6.07) is 0.399. The number of ether oxygens (including phenoxy) is 1. The Morgan fingerprint density at radius 2 is 2.17 bits per heavy atom. The van der Waals surface area contributed by atoms with Crippen molar-refractivity contribution in [2.45, 2.75) is 18.9 Å². The molecule has 0 aromatic carbocycles. The predicted octanol–water partition coefficient (Wildman–Crippen LogP) is -0.00670. The molecule has 3 heteroatoms. The largest absolute Gasteiger partial charge is 0.396 e.